The van der Waals surface area contributed by atoms with Crippen LogP contribution in [0.1, 0.15) is 20.8 Å². The van der Waals surface area contributed by atoms with Crippen LogP contribution in [0, 0.1) is 5.82 Å². The molecule has 0 aromatic heterocycles. The van der Waals surface area contributed by atoms with E-state index in [0.29, 0.717) is 11.6 Å². The van der Waals surface area contributed by atoms with Gasteiger partial charge in [0.25, 0.3) is 0 Å². The highest BCUT2D eigenvalue weighted by Crippen LogP contribution is 2.07. The largest absolute Gasteiger partial charge is 0.346 e. The number of guanidine groups is 1. The van der Waals surface area contributed by atoms with Crippen molar-refractivity contribution in [2.24, 2.45) is 5.73 Å². The van der Waals surface area contributed by atoms with Gasteiger partial charge in [-0.05, 0) is 32.9 Å². The van der Waals surface area contributed by atoms with Gasteiger partial charge in [0, 0.05) is 6.07 Å². The molecule has 4 heteroatoms. The van der Waals surface area contributed by atoms with Gasteiger partial charge in [0.1, 0.15) is 11.5 Å². The van der Waals surface area contributed by atoms with E-state index in [-0.39, 0.29) is 11.4 Å². The molecule has 0 atom stereocenters. The first-order chi connectivity index (χ1) is 6.87. The van der Waals surface area contributed by atoms with Crippen LogP contribution in [0.25, 0.3) is 0 Å². The summed E-state index contributed by atoms with van der Waals surface area (Å²) in [5.74, 6) is 0.122. The molecule has 0 fully saturated rings. The average molecular weight is 210 g/mol. The van der Waals surface area contributed by atoms with Crippen molar-refractivity contribution in [3.8, 4) is 0 Å². The molecule has 0 aliphatic carbocycles. The third-order valence-electron chi connectivity index (χ3n) is 1.61. The maximum absolute atomic E-state index is 12.8. The van der Waals surface area contributed by atoms with Gasteiger partial charge >= 0.3 is 5.96 Å². The zero-order chi connectivity index (χ0) is 11.5. The van der Waals surface area contributed by atoms with Gasteiger partial charge in [-0.3, -0.25) is 10.7 Å². The Morgan fingerprint density at radius 2 is 2.07 bits per heavy atom. The van der Waals surface area contributed by atoms with E-state index >= 15 is 0 Å². The van der Waals surface area contributed by atoms with Crippen LogP contribution >= 0.6 is 0 Å². The molecule has 0 spiro atoms. The molecular formula is C11H17FN3+. The number of nitrogens with one attached hydrogen (secondary N) is 2. The van der Waals surface area contributed by atoms with Gasteiger partial charge in [-0.2, -0.15) is 0 Å². The highest BCUT2D eigenvalue weighted by molar-refractivity contribution is 5.87. The predicted molar refractivity (Wildman–Crippen MR) is 59.9 cm³/mol. The second kappa shape index (κ2) is 4.29. The van der Waals surface area contributed by atoms with Gasteiger partial charge in [0.2, 0.25) is 0 Å². The topological polar surface area (TPSA) is 52.0 Å². The Morgan fingerprint density at radius 1 is 1.40 bits per heavy atom. The number of benzene rings is 1. The summed E-state index contributed by atoms with van der Waals surface area (Å²) in [6.45, 7) is 5.98. The Morgan fingerprint density at radius 3 is 2.60 bits per heavy atom. The Hall–Kier alpha value is -1.58. The third kappa shape index (κ3) is 4.44. The third-order valence-corrected chi connectivity index (χ3v) is 1.61. The van der Waals surface area contributed by atoms with Crippen molar-refractivity contribution in [1.82, 2.24) is 0 Å². The fourth-order valence-corrected chi connectivity index (χ4v) is 1.16. The van der Waals surface area contributed by atoms with Gasteiger partial charge in [-0.15, -0.1) is 0 Å². The predicted octanol–water partition coefficient (Wildman–Crippen LogP) is 0.431. The Labute approximate surface area is 89.2 Å². The van der Waals surface area contributed by atoms with Crippen LogP contribution in [-0.2, 0) is 0 Å². The molecule has 0 aliphatic heterocycles. The minimum Gasteiger partial charge on any atom is -0.291 e. The number of rotatable bonds is 1. The summed E-state index contributed by atoms with van der Waals surface area (Å²) in [4.78, 5) is 3.05. The Balaban J connectivity index is 2.75. The zero-order valence-corrected chi connectivity index (χ0v) is 9.26. The standard InChI is InChI=1S/C11H16FN3/c1-11(2,3)15-10(13)14-9-6-4-5-8(12)7-9/h4-7H,1-3H3,(H3,13,14,15)/p+1. The first-order valence-corrected chi connectivity index (χ1v) is 4.80. The molecule has 4 N–H and O–H groups in total. The van der Waals surface area contributed by atoms with Crippen LogP contribution in [-0.4, -0.2) is 11.5 Å². The molecule has 0 saturated heterocycles. The van der Waals surface area contributed by atoms with Crippen molar-refractivity contribution in [2.75, 3.05) is 5.32 Å². The minimum atomic E-state index is -0.288. The molecule has 1 aromatic carbocycles. The van der Waals surface area contributed by atoms with E-state index in [2.05, 4.69) is 10.3 Å². The van der Waals surface area contributed by atoms with E-state index in [1.165, 1.54) is 12.1 Å². The van der Waals surface area contributed by atoms with Crippen molar-refractivity contribution in [2.45, 2.75) is 26.3 Å². The second-order valence-electron chi connectivity index (χ2n) is 4.42. The van der Waals surface area contributed by atoms with E-state index < -0.39 is 0 Å². The molecule has 0 radical (unpaired) electrons. The van der Waals surface area contributed by atoms with E-state index in [4.69, 9.17) is 5.73 Å². The van der Waals surface area contributed by atoms with E-state index in [1.807, 2.05) is 20.8 Å². The molecule has 0 unspecified atom stereocenters. The van der Waals surface area contributed by atoms with Crippen LogP contribution in [0.4, 0.5) is 10.1 Å². The fraction of sp³-hybridized carbons (Fsp3) is 0.364. The van der Waals surface area contributed by atoms with Crippen LogP contribution in [0.15, 0.2) is 24.3 Å². The van der Waals surface area contributed by atoms with Crippen molar-refractivity contribution in [3.63, 3.8) is 0 Å². The number of hydrogen-bond acceptors (Lipinski definition) is 0. The molecule has 3 nitrogen and oxygen atoms in total. The summed E-state index contributed by atoms with van der Waals surface area (Å²) in [6, 6.07) is 6.15. The lowest BCUT2D eigenvalue weighted by Gasteiger charge is -2.11. The number of anilines is 1. The SMILES string of the molecule is CC(C)(C)[NH+]=C(N)Nc1cccc(F)c1. The Bertz CT molecular complexity index is 366. The monoisotopic (exact) mass is 210 g/mol. The van der Waals surface area contributed by atoms with Gasteiger partial charge < -0.3 is 0 Å². The summed E-state index contributed by atoms with van der Waals surface area (Å²) in [7, 11) is 0. The first-order valence-electron chi connectivity index (χ1n) is 4.80. The van der Waals surface area contributed by atoms with Crippen LogP contribution in [0.5, 0.6) is 0 Å². The first kappa shape index (κ1) is 11.5. The highest BCUT2D eigenvalue weighted by Gasteiger charge is 2.11. The molecule has 1 aromatic rings. The van der Waals surface area contributed by atoms with Gasteiger partial charge in [-0.25, -0.2) is 9.71 Å². The second-order valence-corrected chi connectivity index (χ2v) is 4.42. The molecule has 0 saturated carbocycles. The van der Waals surface area contributed by atoms with Crippen LogP contribution in [0.3, 0.4) is 0 Å². The maximum atomic E-state index is 12.8. The smallest absolute Gasteiger partial charge is 0.291 e. The fourth-order valence-electron chi connectivity index (χ4n) is 1.16. The summed E-state index contributed by atoms with van der Waals surface area (Å²) in [6.07, 6.45) is 0. The number of nitrogens with two attached hydrogens (primary N) is 1. The quantitative estimate of drug-likeness (QED) is 0.465. The van der Waals surface area contributed by atoms with Crippen molar-refractivity contribution in [1.29, 1.82) is 0 Å². The molecular weight excluding hydrogens is 193 g/mol. The lowest BCUT2D eigenvalue weighted by molar-refractivity contribution is -0.539. The highest BCUT2D eigenvalue weighted by atomic mass is 19.1. The molecule has 15 heavy (non-hydrogen) atoms. The summed E-state index contributed by atoms with van der Waals surface area (Å²) < 4.78 is 12.8. The molecule has 0 bridgehead atoms. The zero-order valence-electron chi connectivity index (χ0n) is 9.26. The average Bonchev–Trinajstić information content (AvgIpc) is 1.99. The van der Waals surface area contributed by atoms with Gasteiger partial charge in [-0.1, -0.05) is 6.07 Å². The van der Waals surface area contributed by atoms with Gasteiger partial charge in [0.05, 0.1) is 5.54 Å². The lowest BCUT2D eigenvalue weighted by Crippen LogP contribution is -2.87. The minimum absolute atomic E-state index is 0.121. The van der Waals surface area contributed by atoms with E-state index in [1.54, 1.807) is 12.1 Å². The normalized spacial score (nSPS) is 12.7. The van der Waals surface area contributed by atoms with Crippen molar-refractivity contribution in [3.05, 3.63) is 30.1 Å². The summed E-state index contributed by atoms with van der Waals surface area (Å²) in [5, 5.41) is 2.88. The Kier molecular flexibility index (Phi) is 3.29. The van der Waals surface area contributed by atoms with Crippen molar-refractivity contribution >= 4 is 11.6 Å². The van der Waals surface area contributed by atoms with Crippen LogP contribution in [0.2, 0.25) is 0 Å². The van der Waals surface area contributed by atoms with E-state index in [9.17, 15) is 4.39 Å². The van der Waals surface area contributed by atoms with E-state index in [0.717, 1.165) is 0 Å². The molecule has 0 aliphatic rings. The van der Waals surface area contributed by atoms with Crippen LogP contribution < -0.4 is 16.0 Å². The number of hydrogen-bond donors (Lipinski definition) is 3. The molecule has 1 rings (SSSR count). The molecule has 0 amide bonds. The van der Waals surface area contributed by atoms with Crippen molar-refractivity contribution < 1.29 is 9.38 Å². The lowest BCUT2D eigenvalue weighted by atomic mass is 10.1. The molecule has 82 valence electrons. The maximum Gasteiger partial charge on any atom is 0.346 e. The summed E-state index contributed by atoms with van der Waals surface area (Å²) >= 11 is 0. The number of halogens is 1. The van der Waals surface area contributed by atoms with Gasteiger partial charge in [0.15, 0.2) is 0 Å². The molecule has 0 heterocycles. The summed E-state index contributed by atoms with van der Waals surface area (Å²) in [5.41, 5.74) is 6.22.